The Hall–Kier alpha value is -4.19. The fraction of sp³-hybridized carbons (Fsp3) is 0.276. The molecule has 0 bridgehead atoms. The molecule has 1 amide bonds. The molecule has 0 aliphatic carbocycles. The normalized spacial score (nSPS) is 15.2. The molecule has 2 heterocycles. The summed E-state index contributed by atoms with van der Waals surface area (Å²) >= 11 is 0. The Kier molecular flexibility index (Phi) is 8.18. The maximum absolute atomic E-state index is 12.7. The summed E-state index contributed by atoms with van der Waals surface area (Å²) in [5.41, 5.74) is 4.85. The predicted molar refractivity (Wildman–Crippen MR) is 147 cm³/mol. The van der Waals surface area contributed by atoms with E-state index in [4.69, 9.17) is 9.47 Å². The van der Waals surface area contributed by atoms with E-state index in [2.05, 4.69) is 28.3 Å². The molecule has 8 nitrogen and oxygen atoms in total. The van der Waals surface area contributed by atoms with Gasteiger partial charge in [0.25, 0.3) is 0 Å². The molecule has 1 fully saturated rings. The SMILES string of the molecule is C=C(C)c1cccc(Nc2c(C#N)cnc3cc(O[C@H]4CCOC4)c(NC(=O)/C=C/CN(C)C)cc23)c1. The number of nitrogens with one attached hydrogen (secondary N) is 2. The summed E-state index contributed by atoms with van der Waals surface area (Å²) in [5, 5.41) is 16.8. The standard InChI is InChI=1S/C29H31N5O3/c1-19(2)20-7-5-8-22(13-20)32-29-21(16-30)17-31-25-15-27(37-23-10-12-36-18-23)26(14-24(25)29)33-28(35)9-6-11-34(3)4/h5-9,13-15,17,23H,1,10-12,18H2,2-4H3,(H,31,32)(H,33,35)/b9-6+/t23-/m0/s1. The number of nitrogens with zero attached hydrogens (tertiary/aromatic N) is 3. The monoisotopic (exact) mass is 497 g/mol. The van der Waals surface area contributed by atoms with Gasteiger partial charge in [-0.25, -0.2) is 0 Å². The molecule has 2 aromatic carbocycles. The molecule has 0 spiro atoms. The maximum atomic E-state index is 12.7. The van der Waals surface area contributed by atoms with E-state index in [1.807, 2.05) is 50.2 Å². The van der Waals surface area contributed by atoms with Crippen molar-refractivity contribution in [2.45, 2.75) is 19.4 Å². The Morgan fingerprint density at radius 3 is 2.89 bits per heavy atom. The average Bonchev–Trinajstić information content (AvgIpc) is 3.38. The van der Waals surface area contributed by atoms with Crippen molar-refractivity contribution in [3.63, 3.8) is 0 Å². The summed E-state index contributed by atoms with van der Waals surface area (Å²) in [6, 6.07) is 13.6. The van der Waals surface area contributed by atoms with Gasteiger partial charge in [0.05, 0.1) is 35.7 Å². The molecule has 0 unspecified atom stereocenters. The van der Waals surface area contributed by atoms with E-state index in [1.165, 1.54) is 12.3 Å². The number of carbonyl (C=O) groups excluding carboxylic acids is 1. The van der Waals surface area contributed by atoms with Crippen LogP contribution in [-0.4, -0.2) is 55.7 Å². The van der Waals surface area contributed by atoms with E-state index < -0.39 is 0 Å². The van der Waals surface area contributed by atoms with Crippen LogP contribution < -0.4 is 15.4 Å². The lowest BCUT2D eigenvalue weighted by Gasteiger charge is -2.18. The highest BCUT2D eigenvalue weighted by molar-refractivity contribution is 6.05. The second kappa shape index (κ2) is 11.7. The molecule has 1 aliphatic rings. The molecule has 1 aliphatic heterocycles. The quantitative estimate of drug-likeness (QED) is 0.397. The van der Waals surface area contributed by atoms with Crippen molar-refractivity contribution in [2.75, 3.05) is 44.5 Å². The van der Waals surface area contributed by atoms with Gasteiger partial charge in [0.2, 0.25) is 5.91 Å². The number of hydrogen-bond donors (Lipinski definition) is 2. The number of benzene rings is 2. The summed E-state index contributed by atoms with van der Waals surface area (Å²) < 4.78 is 11.7. The topological polar surface area (TPSA) is 99.5 Å². The van der Waals surface area contributed by atoms with Gasteiger partial charge in [-0.2, -0.15) is 5.26 Å². The zero-order valence-electron chi connectivity index (χ0n) is 21.4. The molecule has 3 aromatic rings. The van der Waals surface area contributed by atoms with Gasteiger partial charge in [-0.15, -0.1) is 0 Å². The number of likely N-dealkylation sites (N-methyl/N-ethyl adjacent to an activating group) is 1. The van der Waals surface area contributed by atoms with Gasteiger partial charge in [-0.05, 0) is 44.8 Å². The van der Waals surface area contributed by atoms with Crippen molar-refractivity contribution in [3.8, 4) is 11.8 Å². The highest BCUT2D eigenvalue weighted by Gasteiger charge is 2.21. The van der Waals surface area contributed by atoms with Crippen LogP contribution in [-0.2, 0) is 9.53 Å². The lowest BCUT2D eigenvalue weighted by molar-refractivity contribution is -0.111. The Balaban J connectivity index is 1.77. The van der Waals surface area contributed by atoms with Gasteiger partial charge in [0, 0.05) is 42.4 Å². The summed E-state index contributed by atoms with van der Waals surface area (Å²) in [4.78, 5) is 19.2. The minimum absolute atomic E-state index is 0.113. The minimum Gasteiger partial charge on any atom is -0.486 e. The molecule has 2 N–H and O–H groups in total. The third kappa shape index (κ3) is 6.53. The Morgan fingerprint density at radius 1 is 1.35 bits per heavy atom. The third-order valence-corrected chi connectivity index (χ3v) is 5.89. The van der Waals surface area contributed by atoms with Crippen LogP contribution in [0.1, 0.15) is 24.5 Å². The number of carbonyl (C=O) groups is 1. The zero-order chi connectivity index (χ0) is 26.4. The molecule has 1 atom stereocenters. The number of ether oxygens (including phenoxy) is 2. The van der Waals surface area contributed by atoms with Crippen LogP contribution in [0.5, 0.6) is 5.75 Å². The van der Waals surface area contributed by atoms with Crippen molar-refractivity contribution in [3.05, 3.63) is 72.5 Å². The van der Waals surface area contributed by atoms with Crippen LogP contribution >= 0.6 is 0 Å². The first kappa shape index (κ1) is 25.9. The van der Waals surface area contributed by atoms with Crippen LogP contribution in [0.4, 0.5) is 17.1 Å². The van der Waals surface area contributed by atoms with Crippen LogP contribution in [0.3, 0.4) is 0 Å². The van der Waals surface area contributed by atoms with Crippen molar-refractivity contribution in [1.29, 1.82) is 5.26 Å². The van der Waals surface area contributed by atoms with E-state index in [0.29, 0.717) is 53.3 Å². The fourth-order valence-electron chi connectivity index (χ4n) is 3.97. The summed E-state index contributed by atoms with van der Waals surface area (Å²) in [5.74, 6) is 0.228. The lowest BCUT2D eigenvalue weighted by Crippen LogP contribution is -2.18. The molecule has 190 valence electrons. The number of pyridine rings is 1. The average molecular weight is 498 g/mol. The van der Waals surface area contributed by atoms with E-state index in [9.17, 15) is 10.1 Å². The summed E-state index contributed by atoms with van der Waals surface area (Å²) in [6.45, 7) is 7.72. The van der Waals surface area contributed by atoms with Crippen molar-refractivity contribution in [2.24, 2.45) is 0 Å². The molecule has 0 saturated carbocycles. The molecule has 8 heteroatoms. The third-order valence-electron chi connectivity index (χ3n) is 5.89. The number of allylic oxidation sites excluding steroid dienone is 1. The van der Waals surface area contributed by atoms with Crippen molar-refractivity contribution < 1.29 is 14.3 Å². The largest absolute Gasteiger partial charge is 0.486 e. The van der Waals surface area contributed by atoms with Gasteiger partial charge in [0.1, 0.15) is 17.9 Å². The highest BCUT2D eigenvalue weighted by Crippen LogP contribution is 2.37. The van der Waals surface area contributed by atoms with E-state index in [-0.39, 0.29) is 12.0 Å². The first-order valence-electron chi connectivity index (χ1n) is 12.1. The number of fused-ring (bicyclic) bond motifs is 1. The second-order valence-electron chi connectivity index (χ2n) is 9.27. The first-order chi connectivity index (χ1) is 17.8. The maximum Gasteiger partial charge on any atom is 0.248 e. The number of anilines is 3. The van der Waals surface area contributed by atoms with Crippen LogP contribution in [0.15, 0.2) is 61.3 Å². The number of aromatic nitrogens is 1. The van der Waals surface area contributed by atoms with Gasteiger partial charge in [-0.1, -0.05) is 30.4 Å². The molecular weight excluding hydrogens is 466 g/mol. The number of rotatable bonds is 9. The van der Waals surface area contributed by atoms with Crippen molar-refractivity contribution in [1.82, 2.24) is 9.88 Å². The Bertz CT molecular complexity index is 1380. The second-order valence-corrected chi connectivity index (χ2v) is 9.27. The number of nitriles is 1. The fourth-order valence-corrected chi connectivity index (χ4v) is 3.97. The highest BCUT2D eigenvalue weighted by atomic mass is 16.5. The van der Waals surface area contributed by atoms with Gasteiger partial charge < -0.3 is 25.0 Å². The predicted octanol–water partition coefficient (Wildman–Crippen LogP) is 5.11. The van der Waals surface area contributed by atoms with E-state index in [0.717, 1.165) is 23.2 Å². The number of hydrogen-bond acceptors (Lipinski definition) is 7. The summed E-state index contributed by atoms with van der Waals surface area (Å²) in [6.07, 6.45) is 5.48. The molecule has 0 radical (unpaired) electrons. The van der Waals surface area contributed by atoms with Gasteiger partial charge >= 0.3 is 0 Å². The van der Waals surface area contributed by atoms with Crippen molar-refractivity contribution >= 4 is 39.4 Å². The number of amides is 1. The van der Waals surface area contributed by atoms with Gasteiger partial charge in [0.15, 0.2) is 0 Å². The summed E-state index contributed by atoms with van der Waals surface area (Å²) in [7, 11) is 3.86. The van der Waals surface area contributed by atoms with Gasteiger partial charge in [-0.3, -0.25) is 9.78 Å². The van der Waals surface area contributed by atoms with Crippen LogP contribution in [0.2, 0.25) is 0 Å². The molecule has 1 saturated heterocycles. The van der Waals surface area contributed by atoms with Crippen LogP contribution in [0.25, 0.3) is 16.5 Å². The Morgan fingerprint density at radius 2 is 2.19 bits per heavy atom. The first-order valence-corrected chi connectivity index (χ1v) is 12.1. The van der Waals surface area contributed by atoms with E-state index >= 15 is 0 Å². The van der Waals surface area contributed by atoms with E-state index in [1.54, 1.807) is 18.2 Å². The minimum atomic E-state index is -0.276. The molecule has 4 rings (SSSR count). The molecular formula is C29H31N5O3. The zero-order valence-corrected chi connectivity index (χ0v) is 21.4. The molecule has 37 heavy (non-hydrogen) atoms. The molecule has 1 aromatic heterocycles. The van der Waals surface area contributed by atoms with Crippen LogP contribution in [0, 0.1) is 11.3 Å². The lowest BCUT2D eigenvalue weighted by atomic mass is 10.1. The smallest absolute Gasteiger partial charge is 0.248 e. The Labute approximate surface area is 217 Å².